The predicted molar refractivity (Wildman–Crippen MR) is 107 cm³/mol. The first kappa shape index (κ1) is 20.6. The summed E-state index contributed by atoms with van der Waals surface area (Å²) in [5.41, 5.74) is 0.817. The third kappa shape index (κ3) is 5.70. The lowest BCUT2D eigenvalue weighted by Crippen LogP contribution is -2.31. The molecule has 8 nitrogen and oxygen atoms in total. The minimum Gasteiger partial charge on any atom is -0.455 e. The summed E-state index contributed by atoms with van der Waals surface area (Å²) in [5, 5.41) is 3.50. The number of hydrogen-bond donors (Lipinski definition) is 1. The van der Waals surface area contributed by atoms with Gasteiger partial charge in [-0.15, -0.1) is 0 Å². The SMILES string of the molecule is COCc1cc(N(C)C)nc(SCc2ccc(C(=O)NCC3CCCO3)o2)n1. The molecule has 0 spiro atoms. The van der Waals surface area contributed by atoms with Gasteiger partial charge in [-0.05, 0) is 25.0 Å². The summed E-state index contributed by atoms with van der Waals surface area (Å²) in [6.45, 7) is 1.70. The average Bonchev–Trinajstić information content (AvgIpc) is 3.36. The van der Waals surface area contributed by atoms with Gasteiger partial charge >= 0.3 is 0 Å². The molecule has 1 aliphatic rings. The fourth-order valence-electron chi connectivity index (χ4n) is 2.79. The fourth-order valence-corrected chi connectivity index (χ4v) is 3.55. The Morgan fingerprint density at radius 1 is 1.39 bits per heavy atom. The second-order valence-corrected chi connectivity index (χ2v) is 7.67. The fraction of sp³-hybridized carbons (Fsp3) is 0.526. The van der Waals surface area contributed by atoms with Crippen LogP contribution in [0.5, 0.6) is 0 Å². The van der Waals surface area contributed by atoms with Crippen molar-refractivity contribution in [1.82, 2.24) is 15.3 Å². The van der Waals surface area contributed by atoms with E-state index in [2.05, 4.69) is 15.3 Å². The Kier molecular flexibility index (Phi) is 7.30. The number of nitrogens with one attached hydrogen (secondary N) is 1. The van der Waals surface area contributed by atoms with Crippen molar-refractivity contribution in [3.63, 3.8) is 0 Å². The second kappa shape index (κ2) is 9.90. The zero-order valence-corrected chi connectivity index (χ0v) is 17.3. The molecular weight excluding hydrogens is 380 g/mol. The minimum atomic E-state index is -0.222. The first-order valence-electron chi connectivity index (χ1n) is 9.20. The number of hydrogen-bond acceptors (Lipinski definition) is 8. The highest BCUT2D eigenvalue weighted by atomic mass is 32.2. The van der Waals surface area contributed by atoms with Crippen LogP contribution in [-0.4, -0.2) is 56.3 Å². The topological polar surface area (TPSA) is 89.7 Å². The number of furan rings is 1. The monoisotopic (exact) mass is 406 g/mol. The van der Waals surface area contributed by atoms with Crippen molar-refractivity contribution in [2.24, 2.45) is 0 Å². The maximum atomic E-state index is 12.2. The van der Waals surface area contributed by atoms with E-state index in [1.54, 1.807) is 19.2 Å². The summed E-state index contributed by atoms with van der Waals surface area (Å²) in [6, 6.07) is 5.39. The molecule has 1 N–H and O–H groups in total. The maximum Gasteiger partial charge on any atom is 0.287 e. The third-order valence-electron chi connectivity index (χ3n) is 4.24. The lowest BCUT2D eigenvalue weighted by molar-refractivity contribution is 0.0834. The Labute approximate surface area is 169 Å². The Morgan fingerprint density at radius 2 is 2.25 bits per heavy atom. The molecular formula is C19H26N4O4S. The zero-order valence-electron chi connectivity index (χ0n) is 16.4. The lowest BCUT2D eigenvalue weighted by atomic mass is 10.2. The molecule has 1 amide bonds. The quantitative estimate of drug-likeness (QED) is 0.502. The van der Waals surface area contributed by atoms with Crippen LogP contribution in [0.1, 0.15) is 34.9 Å². The number of thioether (sulfide) groups is 1. The van der Waals surface area contributed by atoms with Crippen LogP contribution < -0.4 is 10.2 Å². The number of carbonyl (C=O) groups excluding carboxylic acids is 1. The van der Waals surface area contributed by atoms with Gasteiger partial charge < -0.3 is 24.1 Å². The van der Waals surface area contributed by atoms with Gasteiger partial charge in [0.2, 0.25) is 0 Å². The van der Waals surface area contributed by atoms with Crippen molar-refractivity contribution in [3.05, 3.63) is 35.4 Å². The number of aromatic nitrogens is 2. The molecule has 1 aliphatic heterocycles. The van der Waals surface area contributed by atoms with Gasteiger partial charge in [-0.1, -0.05) is 11.8 Å². The Balaban J connectivity index is 1.57. The van der Waals surface area contributed by atoms with E-state index < -0.39 is 0 Å². The van der Waals surface area contributed by atoms with Crippen LogP contribution >= 0.6 is 11.8 Å². The van der Waals surface area contributed by atoms with Crippen LogP contribution in [0.2, 0.25) is 0 Å². The molecule has 3 heterocycles. The van der Waals surface area contributed by atoms with E-state index in [9.17, 15) is 4.79 Å². The second-order valence-electron chi connectivity index (χ2n) is 6.73. The first-order valence-corrected chi connectivity index (χ1v) is 10.2. The number of amides is 1. The van der Waals surface area contributed by atoms with Crippen molar-refractivity contribution in [1.29, 1.82) is 0 Å². The highest BCUT2D eigenvalue weighted by Gasteiger charge is 2.18. The van der Waals surface area contributed by atoms with Crippen LogP contribution in [0.15, 0.2) is 27.8 Å². The predicted octanol–water partition coefficient (Wildman–Crippen LogP) is 2.48. The Hall–Kier alpha value is -2.10. The maximum absolute atomic E-state index is 12.2. The molecule has 28 heavy (non-hydrogen) atoms. The summed E-state index contributed by atoms with van der Waals surface area (Å²) in [5.74, 6) is 2.12. The largest absolute Gasteiger partial charge is 0.455 e. The van der Waals surface area contributed by atoms with Gasteiger partial charge in [0.15, 0.2) is 10.9 Å². The van der Waals surface area contributed by atoms with E-state index >= 15 is 0 Å². The van der Waals surface area contributed by atoms with Crippen LogP contribution in [0.25, 0.3) is 0 Å². The number of methoxy groups -OCH3 is 1. The van der Waals surface area contributed by atoms with E-state index in [1.165, 1.54) is 11.8 Å². The van der Waals surface area contributed by atoms with E-state index in [0.717, 1.165) is 31.0 Å². The Bertz CT molecular complexity index is 790. The average molecular weight is 407 g/mol. The molecule has 1 saturated heterocycles. The summed E-state index contributed by atoms with van der Waals surface area (Å²) in [6.07, 6.45) is 2.14. The third-order valence-corrected chi connectivity index (χ3v) is 5.11. The molecule has 0 aliphatic carbocycles. The standard InChI is InChI=1S/C19H26N4O4S/c1-23(2)17-9-13(11-25-3)21-19(22-17)28-12-15-6-7-16(27-15)18(24)20-10-14-5-4-8-26-14/h6-7,9,14H,4-5,8,10-12H2,1-3H3,(H,20,24). The summed E-state index contributed by atoms with van der Waals surface area (Å²) in [7, 11) is 5.50. The van der Waals surface area contributed by atoms with E-state index in [-0.39, 0.29) is 12.0 Å². The van der Waals surface area contributed by atoms with Gasteiger partial charge in [-0.25, -0.2) is 9.97 Å². The number of ether oxygens (including phenoxy) is 2. The first-order chi connectivity index (χ1) is 13.5. The normalized spacial score (nSPS) is 16.3. The van der Waals surface area contributed by atoms with E-state index in [4.69, 9.17) is 13.9 Å². The van der Waals surface area contributed by atoms with Crippen molar-refractivity contribution in [2.45, 2.75) is 36.5 Å². The van der Waals surface area contributed by atoms with E-state index in [1.807, 2.05) is 25.1 Å². The molecule has 0 saturated carbocycles. The van der Waals surface area contributed by atoms with E-state index in [0.29, 0.717) is 35.6 Å². The van der Waals surface area contributed by atoms with Gasteiger partial charge in [0.1, 0.15) is 11.6 Å². The highest BCUT2D eigenvalue weighted by Crippen LogP contribution is 2.23. The van der Waals surface area contributed by atoms with Crippen LogP contribution in [0, 0.1) is 0 Å². The summed E-state index contributed by atoms with van der Waals surface area (Å²) in [4.78, 5) is 23.2. The van der Waals surface area contributed by atoms with Crippen molar-refractivity contribution in [3.8, 4) is 0 Å². The lowest BCUT2D eigenvalue weighted by Gasteiger charge is -2.13. The van der Waals surface area contributed by atoms with Gasteiger partial charge in [0, 0.05) is 40.4 Å². The van der Waals surface area contributed by atoms with Gasteiger partial charge in [0.05, 0.1) is 24.2 Å². The number of anilines is 1. The molecule has 0 aromatic carbocycles. The Morgan fingerprint density at radius 3 is 2.96 bits per heavy atom. The number of rotatable bonds is 9. The molecule has 1 unspecified atom stereocenters. The molecule has 3 rings (SSSR count). The number of nitrogens with zero attached hydrogens (tertiary/aromatic N) is 3. The van der Waals surface area contributed by atoms with Crippen molar-refractivity contribution >= 4 is 23.5 Å². The molecule has 1 fully saturated rings. The van der Waals surface area contributed by atoms with Gasteiger partial charge in [-0.2, -0.15) is 0 Å². The molecule has 2 aromatic heterocycles. The molecule has 0 radical (unpaired) electrons. The highest BCUT2D eigenvalue weighted by molar-refractivity contribution is 7.98. The zero-order chi connectivity index (χ0) is 19.9. The number of carbonyl (C=O) groups is 1. The van der Waals surface area contributed by atoms with Gasteiger partial charge in [-0.3, -0.25) is 4.79 Å². The molecule has 0 bridgehead atoms. The van der Waals surface area contributed by atoms with Crippen LogP contribution in [-0.2, 0) is 21.8 Å². The van der Waals surface area contributed by atoms with Crippen LogP contribution in [0.3, 0.4) is 0 Å². The summed E-state index contributed by atoms with van der Waals surface area (Å²) >= 11 is 1.45. The molecule has 9 heteroatoms. The minimum absolute atomic E-state index is 0.108. The van der Waals surface area contributed by atoms with Crippen LogP contribution in [0.4, 0.5) is 5.82 Å². The van der Waals surface area contributed by atoms with Crippen molar-refractivity contribution < 1.29 is 18.7 Å². The molecule has 1 atom stereocenters. The smallest absolute Gasteiger partial charge is 0.287 e. The van der Waals surface area contributed by atoms with Crippen molar-refractivity contribution in [2.75, 3.05) is 39.3 Å². The van der Waals surface area contributed by atoms with Gasteiger partial charge in [0.25, 0.3) is 5.91 Å². The summed E-state index contributed by atoms with van der Waals surface area (Å²) < 4.78 is 16.4. The molecule has 2 aromatic rings. The molecule has 152 valence electrons.